The number of esters is 2. The number of anilines is 1. The maximum Gasteiger partial charge on any atom is 0.433 e. The number of para-hydroxylation sites is 1. The zero-order valence-corrected chi connectivity index (χ0v) is 14.7. The molecule has 0 atom stereocenters. The molecule has 2 aromatic rings. The van der Waals surface area contributed by atoms with Gasteiger partial charge in [-0.15, -0.1) is 0 Å². The second kappa shape index (κ2) is 9.67. The highest BCUT2D eigenvalue weighted by atomic mass is 16.6. The lowest BCUT2D eigenvalue weighted by Gasteiger charge is -2.10. The average Bonchev–Trinajstić information content (AvgIpc) is 3.15. The van der Waals surface area contributed by atoms with Crippen LogP contribution in [-0.4, -0.2) is 36.0 Å². The number of nitro groups is 1. The lowest BCUT2D eigenvalue weighted by Crippen LogP contribution is -2.21. The highest BCUT2D eigenvalue weighted by Gasteiger charge is 2.15. The van der Waals surface area contributed by atoms with Crippen LogP contribution in [-0.2, 0) is 19.1 Å². The molecule has 0 bridgehead atoms. The van der Waals surface area contributed by atoms with E-state index in [1.165, 1.54) is 24.3 Å². The number of carbonyl (C=O) groups is 3. The lowest BCUT2D eigenvalue weighted by atomic mass is 10.2. The number of benzene rings is 1. The van der Waals surface area contributed by atoms with Crippen LogP contribution in [0.2, 0.25) is 0 Å². The van der Waals surface area contributed by atoms with Crippen LogP contribution in [0, 0.1) is 10.1 Å². The summed E-state index contributed by atoms with van der Waals surface area (Å²) < 4.78 is 14.5. The number of carbonyl (C=O) groups excluding carboxylic acids is 3. The van der Waals surface area contributed by atoms with Crippen LogP contribution in [0.4, 0.5) is 11.6 Å². The first-order valence-corrected chi connectivity index (χ1v) is 8.05. The predicted molar refractivity (Wildman–Crippen MR) is 96.4 cm³/mol. The molecule has 1 heterocycles. The summed E-state index contributed by atoms with van der Waals surface area (Å²) in [4.78, 5) is 45.2. The van der Waals surface area contributed by atoms with E-state index < -0.39 is 35.3 Å². The van der Waals surface area contributed by atoms with Gasteiger partial charge in [0.2, 0.25) is 0 Å². The molecule has 0 saturated heterocycles. The highest BCUT2D eigenvalue weighted by Crippen LogP contribution is 2.17. The Morgan fingerprint density at radius 2 is 1.93 bits per heavy atom. The van der Waals surface area contributed by atoms with E-state index in [-0.39, 0.29) is 23.6 Å². The third kappa shape index (κ3) is 5.80. The molecule has 0 aliphatic rings. The Balaban J connectivity index is 1.88. The van der Waals surface area contributed by atoms with E-state index in [0.29, 0.717) is 0 Å². The molecule has 0 spiro atoms. The Kier molecular flexibility index (Phi) is 7.03. The number of furan rings is 1. The van der Waals surface area contributed by atoms with Gasteiger partial charge in [-0.2, -0.15) is 0 Å². The number of hydrogen-bond acceptors (Lipinski definition) is 8. The van der Waals surface area contributed by atoms with E-state index in [4.69, 9.17) is 13.9 Å². The molecule has 0 radical (unpaired) electrons. The monoisotopic (exact) mass is 388 g/mol. The van der Waals surface area contributed by atoms with Gasteiger partial charge in [0.25, 0.3) is 5.91 Å². The maximum absolute atomic E-state index is 11.9. The molecule has 2 rings (SSSR count). The van der Waals surface area contributed by atoms with E-state index in [2.05, 4.69) is 5.32 Å². The molecule has 1 amide bonds. The normalized spacial score (nSPS) is 10.5. The van der Waals surface area contributed by atoms with Gasteiger partial charge >= 0.3 is 17.8 Å². The van der Waals surface area contributed by atoms with Crippen molar-refractivity contribution in [2.45, 2.75) is 6.92 Å². The molecule has 0 aliphatic heterocycles. The van der Waals surface area contributed by atoms with Crippen LogP contribution in [0.3, 0.4) is 0 Å². The van der Waals surface area contributed by atoms with Crippen LogP contribution < -0.4 is 5.32 Å². The fourth-order valence-electron chi connectivity index (χ4n) is 2.03. The lowest BCUT2D eigenvalue weighted by molar-refractivity contribution is -0.402. The van der Waals surface area contributed by atoms with Gasteiger partial charge in [-0.25, -0.2) is 9.59 Å². The molecular weight excluding hydrogens is 372 g/mol. The Morgan fingerprint density at radius 1 is 1.18 bits per heavy atom. The van der Waals surface area contributed by atoms with Gasteiger partial charge in [-0.3, -0.25) is 14.9 Å². The molecular formula is C18H16N2O8. The summed E-state index contributed by atoms with van der Waals surface area (Å²) in [6, 6.07) is 8.68. The summed E-state index contributed by atoms with van der Waals surface area (Å²) in [5.74, 6) is -2.49. The fourth-order valence-corrected chi connectivity index (χ4v) is 2.03. The maximum atomic E-state index is 11.9. The molecule has 10 heteroatoms. The van der Waals surface area contributed by atoms with Crippen molar-refractivity contribution in [1.29, 1.82) is 0 Å². The quantitative estimate of drug-likeness (QED) is 0.315. The minimum Gasteiger partial charge on any atom is -0.462 e. The largest absolute Gasteiger partial charge is 0.462 e. The number of ether oxygens (including phenoxy) is 2. The first-order valence-electron chi connectivity index (χ1n) is 8.05. The highest BCUT2D eigenvalue weighted by molar-refractivity contribution is 6.02. The molecule has 1 aromatic heterocycles. The fraction of sp³-hybridized carbons (Fsp3) is 0.167. The van der Waals surface area contributed by atoms with Gasteiger partial charge in [0, 0.05) is 6.08 Å². The first-order chi connectivity index (χ1) is 13.4. The molecule has 1 N–H and O–H groups in total. The van der Waals surface area contributed by atoms with Crippen molar-refractivity contribution in [2.75, 3.05) is 18.5 Å². The summed E-state index contributed by atoms with van der Waals surface area (Å²) in [6.07, 6.45) is 2.13. The molecule has 0 fully saturated rings. The first kappa shape index (κ1) is 20.4. The van der Waals surface area contributed by atoms with Gasteiger partial charge in [0.1, 0.15) is 10.7 Å². The Bertz CT molecular complexity index is 916. The average molecular weight is 388 g/mol. The van der Waals surface area contributed by atoms with E-state index in [1.807, 2.05) is 0 Å². The number of hydrogen-bond donors (Lipinski definition) is 1. The van der Waals surface area contributed by atoms with Crippen LogP contribution in [0.15, 0.2) is 46.9 Å². The van der Waals surface area contributed by atoms with Gasteiger partial charge in [0.05, 0.1) is 23.9 Å². The summed E-state index contributed by atoms with van der Waals surface area (Å²) in [6.45, 7) is 1.25. The summed E-state index contributed by atoms with van der Waals surface area (Å²) in [5.41, 5.74) is 0.392. The van der Waals surface area contributed by atoms with E-state index in [1.54, 1.807) is 19.1 Å². The zero-order chi connectivity index (χ0) is 20.5. The van der Waals surface area contributed by atoms with Crippen LogP contribution in [0.25, 0.3) is 6.08 Å². The van der Waals surface area contributed by atoms with Crippen molar-refractivity contribution in [2.24, 2.45) is 0 Å². The second-order valence-electron chi connectivity index (χ2n) is 5.19. The van der Waals surface area contributed by atoms with Crippen LogP contribution in [0.1, 0.15) is 23.0 Å². The van der Waals surface area contributed by atoms with Gasteiger partial charge < -0.3 is 19.2 Å². The van der Waals surface area contributed by atoms with Gasteiger partial charge in [-0.05, 0) is 31.2 Å². The van der Waals surface area contributed by atoms with E-state index in [9.17, 15) is 24.5 Å². The third-order valence-electron chi connectivity index (χ3n) is 3.22. The van der Waals surface area contributed by atoms with E-state index in [0.717, 1.165) is 12.1 Å². The zero-order valence-electron chi connectivity index (χ0n) is 14.7. The molecule has 0 saturated carbocycles. The summed E-state index contributed by atoms with van der Waals surface area (Å²) >= 11 is 0. The minimum absolute atomic E-state index is 0.0801. The SMILES string of the molecule is CCOC(=O)c1ccccc1NC(=O)COC(=O)/C=C/c1ccc([N+](=O)[O-])o1. The van der Waals surface area contributed by atoms with Crippen molar-refractivity contribution >= 4 is 35.5 Å². The van der Waals surface area contributed by atoms with Gasteiger partial charge in [-0.1, -0.05) is 12.1 Å². The van der Waals surface area contributed by atoms with Gasteiger partial charge in [0.15, 0.2) is 6.61 Å². The standard InChI is InChI=1S/C18H16N2O8/c1-2-26-18(23)13-5-3-4-6-14(13)19-15(21)11-27-17(22)10-8-12-7-9-16(28-12)20(24)25/h3-10H,2,11H2,1H3,(H,19,21)/b10-8+. The van der Waals surface area contributed by atoms with Crippen molar-refractivity contribution in [3.63, 3.8) is 0 Å². The van der Waals surface area contributed by atoms with Crippen LogP contribution in [0.5, 0.6) is 0 Å². The number of amides is 1. The van der Waals surface area contributed by atoms with Crippen molar-refractivity contribution in [1.82, 2.24) is 0 Å². The second-order valence-corrected chi connectivity index (χ2v) is 5.19. The molecule has 0 unspecified atom stereocenters. The predicted octanol–water partition coefficient (Wildman–Crippen LogP) is 2.56. The van der Waals surface area contributed by atoms with E-state index >= 15 is 0 Å². The molecule has 0 aliphatic carbocycles. The summed E-state index contributed by atoms with van der Waals surface area (Å²) in [7, 11) is 0. The Morgan fingerprint density at radius 3 is 2.61 bits per heavy atom. The number of nitrogens with zero attached hydrogens (tertiary/aromatic N) is 1. The number of nitrogens with one attached hydrogen (secondary N) is 1. The smallest absolute Gasteiger partial charge is 0.433 e. The third-order valence-corrected chi connectivity index (χ3v) is 3.22. The Hall–Kier alpha value is -3.95. The van der Waals surface area contributed by atoms with Crippen molar-refractivity contribution in [3.8, 4) is 0 Å². The Labute approximate surface area is 158 Å². The molecule has 1 aromatic carbocycles. The van der Waals surface area contributed by atoms with Crippen molar-refractivity contribution < 1.29 is 33.2 Å². The molecule has 146 valence electrons. The molecule has 28 heavy (non-hydrogen) atoms. The topological polar surface area (TPSA) is 138 Å². The summed E-state index contributed by atoms with van der Waals surface area (Å²) in [5, 5.41) is 13.0. The van der Waals surface area contributed by atoms with Crippen LogP contribution >= 0.6 is 0 Å². The molecule has 10 nitrogen and oxygen atoms in total. The minimum atomic E-state index is -0.854. The number of rotatable bonds is 8. The van der Waals surface area contributed by atoms with Crippen molar-refractivity contribution in [3.05, 3.63) is 63.9 Å².